The van der Waals surface area contributed by atoms with Crippen LogP contribution in [-0.2, 0) is 17.5 Å². The molecule has 48 heavy (non-hydrogen) atoms. The van der Waals surface area contributed by atoms with E-state index in [0.29, 0.717) is 53.4 Å². The summed E-state index contributed by atoms with van der Waals surface area (Å²) in [7, 11) is 3.53. The highest BCUT2D eigenvalue weighted by molar-refractivity contribution is 5.87. The van der Waals surface area contributed by atoms with E-state index in [0.717, 1.165) is 60.9 Å². The standard InChI is InChI=1S/C34H38F3N9O2/c1-19(2)45-17-24(34(35,36)37)41-31(45)23-11-9-21(10-12-23)16-44(4)32-28-30(40-20(3)46(28)25-8-6-7-15-48-25)42-29(43-32)26-27(22-13-14-22)38-18-39-33(26)47-5/h9-12,17-19,22,25H,6-8,13-16H2,1-5H3. The first-order chi connectivity index (χ1) is 23.0. The van der Waals surface area contributed by atoms with Gasteiger partial charge in [-0.3, -0.25) is 4.57 Å². The van der Waals surface area contributed by atoms with Crippen molar-refractivity contribution in [3.05, 3.63) is 59.6 Å². The van der Waals surface area contributed by atoms with Gasteiger partial charge in [0, 0.05) is 43.9 Å². The Hall–Kier alpha value is -4.59. The Morgan fingerprint density at radius 1 is 1.02 bits per heavy atom. The molecule has 7 rings (SSSR count). The molecular formula is C34H38F3N9O2. The summed E-state index contributed by atoms with van der Waals surface area (Å²) in [6.07, 6.45) is 2.84. The van der Waals surface area contributed by atoms with Gasteiger partial charge in [0.05, 0.1) is 12.8 Å². The number of methoxy groups -OCH3 is 1. The van der Waals surface area contributed by atoms with Crippen molar-refractivity contribution in [1.82, 2.24) is 39.0 Å². The third-order valence-corrected chi connectivity index (χ3v) is 8.94. The molecule has 1 aromatic carbocycles. The van der Waals surface area contributed by atoms with Gasteiger partial charge in [-0.25, -0.2) is 29.9 Å². The number of hydrogen-bond acceptors (Lipinski definition) is 9. The molecule has 2 fully saturated rings. The maximum absolute atomic E-state index is 13.5. The summed E-state index contributed by atoms with van der Waals surface area (Å²) in [5, 5.41) is 0. The van der Waals surface area contributed by atoms with Gasteiger partial charge in [0.25, 0.3) is 0 Å². The Labute approximate surface area is 276 Å². The summed E-state index contributed by atoms with van der Waals surface area (Å²) >= 11 is 0. The van der Waals surface area contributed by atoms with Crippen LogP contribution in [0.3, 0.4) is 0 Å². The molecule has 4 aromatic heterocycles. The highest BCUT2D eigenvalue weighted by atomic mass is 19.4. The molecule has 5 heterocycles. The summed E-state index contributed by atoms with van der Waals surface area (Å²) in [6, 6.07) is 7.24. The Kier molecular flexibility index (Phi) is 8.30. The molecule has 1 saturated carbocycles. The largest absolute Gasteiger partial charge is 0.480 e. The lowest BCUT2D eigenvalue weighted by molar-refractivity contribution is -0.140. The van der Waals surface area contributed by atoms with Crippen LogP contribution >= 0.6 is 0 Å². The van der Waals surface area contributed by atoms with E-state index >= 15 is 0 Å². The molecule has 5 aromatic rings. The Bertz CT molecular complexity index is 1940. The molecule has 1 saturated heterocycles. The van der Waals surface area contributed by atoms with E-state index in [4.69, 9.17) is 24.4 Å². The number of benzene rings is 1. The summed E-state index contributed by atoms with van der Waals surface area (Å²) < 4.78 is 56.1. The molecule has 11 nitrogen and oxygen atoms in total. The number of alkyl halides is 3. The monoisotopic (exact) mass is 661 g/mol. The van der Waals surface area contributed by atoms with Crippen LogP contribution in [0, 0.1) is 6.92 Å². The molecule has 1 aliphatic carbocycles. The zero-order valence-electron chi connectivity index (χ0n) is 27.6. The van der Waals surface area contributed by atoms with Gasteiger partial charge >= 0.3 is 6.18 Å². The zero-order chi connectivity index (χ0) is 33.7. The summed E-state index contributed by atoms with van der Waals surface area (Å²) in [6.45, 7) is 6.74. The van der Waals surface area contributed by atoms with Crippen molar-refractivity contribution < 1.29 is 22.6 Å². The highest BCUT2D eigenvalue weighted by Gasteiger charge is 2.36. The lowest BCUT2D eigenvalue weighted by Crippen LogP contribution is -2.23. The third kappa shape index (κ3) is 5.97. The quantitative estimate of drug-likeness (QED) is 0.161. The van der Waals surface area contributed by atoms with Crippen LogP contribution in [0.4, 0.5) is 19.0 Å². The normalized spacial score (nSPS) is 17.0. The van der Waals surface area contributed by atoms with Crippen LogP contribution in [0.5, 0.6) is 5.88 Å². The minimum Gasteiger partial charge on any atom is -0.480 e. The van der Waals surface area contributed by atoms with Crippen molar-refractivity contribution in [3.8, 4) is 28.7 Å². The maximum Gasteiger partial charge on any atom is 0.434 e. The maximum atomic E-state index is 13.5. The Balaban J connectivity index is 1.29. The van der Waals surface area contributed by atoms with E-state index in [1.165, 1.54) is 6.33 Å². The molecule has 0 spiro atoms. The molecule has 2 aliphatic rings. The van der Waals surface area contributed by atoms with Crippen molar-refractivity contribution in [3.63, 3.8) is 0 Å². The Morgan fingerprint density at radius 2 is 1.79 bits per heavy atom. The highest BCUT2D eigenvalue weighted by Crippen LogP contribution is 2.45. The molecule has 0 amide bonds. The number of anilines is 1. The van der Waals surface area contributed by atoms with E-state index in [1.807, 2.05) is 57.0 Å². The van der Waals surface area contributed by atoms with Gasteiger partial charge in [-0.05, 0) is 58.4 Å². The number of aryl methyl sites for hydroxylation is 1. The second-order valence-corrected chi connectivity index (χ2v) is 12.8. The molecular weight excluding hydrogens is 623 g/mol. The van der Waals surface area contributed by atoms with Gasteiger partial charge in [0.15, 0.2) is 23.0 Å². The second kappa shape index (κ2) is 12.5. The zero-order valence-corrected chi connectivity index (χ0v) is 27.6. The van der Waals surface area contributed by atoms with Crippen LogP contribution in [0.2, 0.25) is 0 Å². The first-order valence-electron chi connectivity index (χ1n) is 16.3. The van der Waals surface area contributed by atoms with E-state index in [2.05, 4.69) is 19.5 Å². The van der Waals surface area contributed by atoms with Gasteiger partial charge in [0.1, 0.15) is 35.3 Å². The molecule has 1 unspecified atom stereocenters. The van der Waals surface area contributed by atoms with Crippen LogP contribution in [-0.4, -0.2) is 59.8 Å². The number of fused-ring (bicyclic) bond motifs is 1. The SMILES string of the molecule is COc1ncnc(C2CC2)c1-c1nc(N(C)Cc2ccc(-c3nc(C(F)(F)F)cn3C(C)C)cc2)c2c(n1)nc(C)n2C1CCCCO1. The number of imidazole rings is 2. The van der Waals surface area contributed by atoms with Gasteiger partial charge in [0.2, 0.25) is 5.88 Å². The molecule has 0 radical (unpaired) electrons. The fourth-order valence-corrected chi connectivity index (χ4v) is 6.41. The average molecular weight is 662 g/mol. The van der Waals surface area contributed by atoms with Crippen LogP contribution in [0.1, 0.15) is 86.9 Å². The van der Waals surface area contributed by atoms with Gasteiger partial charge in [-0.1, -0.05) is 24.3 Å². The smallest absolute Gasteiger partial charge is 0.434 e. The Morgan fingerprint density at radius 3 is 2.44 bits per heavy atom. The number of hydrogen-bond donors (Lipinski definition) is 0. The van der Waals surface area contributed by atoms with Gasteiger partial charge in [-0.15, -0.1) is 0 Å². The van der Waals surface area contributed by atoms with Crippen LogP contribution in [0.15, 0.2) is 36.8 Å². The number of rotatable bonds is 9. The van der Waals surface area contributed by atoms with Crippen molar-refractivity contribution in [2.24, 2.45) is 0 Å². The summed E-state index contributed by atoms with van der Waals surface area (Å²) in [5.41, 5.74) is 3.47. The second-order valence-electron chi connectivity index (χ2n) is 12.8. The summed E-state index contributed by atoms with van der Waals surface area (Å²) in [5.74, 6) is 2.86. The molecule has 14 heteroatoms. The minimum atomic E-state index is -4.53. The van der Waals surface area contributed by atoms with Gasteiger partial charge in [-0.2, -0.15) is 13.2 Å². The fourth-order valence-electron chi connectivity index (χ4n) is 6.41. The lowest BCUT2D eigenvalue weighted by atomic mass is 10.1. The molecule has 0 bridgehead atoms. The predicted octanol–water partition coefficient (Wildman–Crippen LogP) is 7.28. The first-order valence-corrected chi connectivity index (χ1v) is 16.3. The predicted molar refractivity (Wildman–Crippen MR) is 174 cm³/mol. The van der Waals surface area contributed by atoms with Crippen molar-refractivity contribution in [1.29, 1.82) is 0 Å². The molecule has 0 N–H and O–H groups in total. The van der Waals surface area contributed by atoms with Gasteiger partial charge < -0.3 is 18.9 Å². The van der Waals surface area contributed by atoms with E-state index < -0.39 is 11.9 Å². The molecule has 252 valence electrons. The average Bonchev–Trinajstić information content (AvgIpc) is 3.71. The summed E-state index contributed by atoms with van der Waals surface area (Å²) in [4.78, 5) is 30.0. The topological polar surface area (TPSA) is 109 Å². The number of ether oxygens (including phenoxy) is 2. The number of aromatic nitrogens is 8. The first kappa shape index (κ1) is 32.0. The molecule has 1 atom stereocenters. The van der Waals surface area contributed by atoms with E-state index in [9.17, 15) is 13.2 Å². The van der Waals surface area contributed by atoms with E-state index in [1.54, 1.807) is 11.7 Å². The third-order valence-electron chi connectivity index (χ3n) is 8.94. The van der Waals surface area contributed by atoms with Crippen molar-refractivity contribution in [2.45, 2.75) is 83.8 Å². The van der Waals surface area contributed by atoms with Crippen LogP contribution in [0.25, 0.3) is 33.9 Å². The minimum absolute atomic E-state index is 0.187. The number of halogens is 3. The molecule has 1 aliphatic heterocycles. The van der Waals surface area contributed by atoms with Crippen molar-refractivity contribution >= 4 is 17.0 Å². The fraction of sp³-hybridized carbons (Fsp3) is 0.471. The van der Waals surface area contributed by atoms with Crippen molar-refractivity contribution in [2.75, 3.05) is 25.7 Å². The lowest BCUT2D eigenvalue weighted by Gasteiger charge is -2.27. The van der Waals surface area contributed by atoms with Crippen LogP contribution < -0.4 is 9.64 Å². The number of nitrogens with zero attached hydrogens (tertiary/aromatic N) is 9. The van der Waals surface area contributed by atoms with E-state index in [-0.39, 0.29) is 18.1 Å².